The zero-order valence-corrected chi connectivity index (χ0v) is 74.7. The Labute approximate surface area is 768 Å². The maximum Gasteiger partial charge on any atom is 0.407 e. The van der Waals surface area contributed by atoms with E-state index in [9.17, 15) is 117 Å². The Morgan fingerprint density at radius 3 is 1.81 bits per heavy atom. The second-order valence-electron chi connectivity index (χ2n) is 32.6. The molecule has 1 unspecified atom stereocenters. The Morgan fingerprint density at radius 1 is 0.597 bits per heavy atom. The molecule has 734 valence electrons. The summed E-state index contributed by atoms with van der Waals surface area (Å²) >= 11 is 0. The first-order valence-electron chi connectivity index (χ1n) is 43.3. The molecular weight excluding hydrogens is 1770 g/mol. The number of H-pyrrole nitrogens is 1. The summed E-state index contributed by atoms with van der Waals surface area (Å²) in [7, 11) is 0. The molecule has 48 nitrogen and oxygen atoms in total. The molecule has 0 radical (unpaired) electrons. The van der Waals surface area contributed by atoms with Gasteiger partial charge in [-0.2, -0.15) is 0 Å². The molecule has 15 amide bonds. The number of carbonyl (C=O) groups excluding carboxylic acids is 17. The minimum atomic E-state index is -2.49. The van der Waals surface area contributed by atoms with Gasteiger partial charge in [-0.3, -0.25) is 95.9 Å². The van der Waals surface area contributed by atoms with Crippen molar-refractivity contribution in [3.63, 3.8) is 0 Å². The number of aliphatic hydroxyl groups is 1. The second-order valence-corrected chi connectivity index (χ2v) is 32.6. The topological polar surface area (TPSA) is 764 Å². The molecule has 1 aliphatic carbocycles. The third kappa shape index (κ3) is 37.7. The van der Waals surface area contributed by atoms with Crippen molar-refractivity contribution in [3.8, 4) is 0 Å². The van der Waals surface area contributed by atoms with Crippen molar-refractivity contribution in [2.24, 2.45) is 17.1 Å². The Kier molecular flexibility index (Phi) is 45.0. The van der Waals surface area contributed by atoms with Crippen molar-refractivity contribution in [1.29, 1.82) is 0 Å². The molecule has 5 rings (SSSR count). The predicted molar refractivity (Wildman–Crippen MR) is 470 cm³/mol. The van der Waals surface area contributed by atoms with E-state index in [0.29, 0.717) is 42.1 Å². The minimum absolute atomic E-state index is 0.0361. The number of esters is 1. The van der Waals surface area contributed by atoms with Crippen LogP contribution in [0.4, 0.5) is 10.5 Å². The number of aliphatic carboxylic acids is 5. The van der Waals surface area contributed by atoms with Crippen LogP contribution in [0.1, 0.15) is 179 Å². The number of primary amides is 1. The number of amides is 15. The van der Waals surface area contributed by atoms with Gasteiger partial charge >= 0.3 is 41.9 Å². The zero-order valence-electron chi connectivity index (χ0n) is 74.7. The van der Waals surface area contributed by atoms with Gasteiger partial charge in [-0.1, -0.05) is 102 Å². The number of unbranched alkanes of at least 4 members (excludes halogenated alkanes) is 6. The molecule has 3 aromatic rings. The number of carboxylic acids is 5. The third-order valence-electron chi connectivity index (χ3n) is 21.7. The number of fused-ring (bicyclic) bond motifs is 1. The van der Waals surface area contributed by atoms with Gasteiger partial charge < -0.3 is 136 Å². The van der Waals surface area contributed by atoms with E-state index >= 15 is 14.4 Å². The van der Waals surface area contributed by atoms with Crippen LogP contribution in [0.3, 0.4) is 0 Å². The van der Waals surface area contributed by atoms with Crippen molar-refractivity contribution < 1.29 is 146 Å². The van der Waals surface area contributed by atoms with E-state index in [1.807, 2.05) is 10.6 Å². The number of allylic oxidation sites excluding steroid dienone is 1. The number of carbonyl (C=O) groups is 22. The highest BCUT2D eigenvalue weighted by molar-refractivity contribution is 6.05. The van der Waals surface area contributed by atoms with Gasteiger partial charge in [0.05, 0.1) is 57.8 Å². The number of Topliss-reactive ketones (excluding diaryl/α,β-unsaturated/α-hetero) is 1. The number of benzene rings is 2. The number of aliphatic hydroxyl groups excluding tert-OH is 1. The molecular formula is C86H120N18O30. The summed E-state index contributed by atoms with van der Waals surface area (Å²) in [5.74, 6) is -30.4. The Bertz CT molecular complexity index is 4810. The number of nitrogen functional groups attached to an aromatic ring is 1. The summed E-state index contributed by atoms with van der Waals surface area (Å²) in [4.78, 5) is 304. The normalized spacial score (nSPS) is 22.3. The summed E-state index contributed by atoms with van der Waals surface area (Å²) < 4.78 is 11.4. The van der Waals surface area contributed by atoms with E-state index in [4.69, 9.17) is 26.0 Å². The number of rotatable bonds is 40. The van der Waals surface area contributed by atoms with Gasteiger partial charge in [0.25, 0.3) is 0 Å². The number of aromatic nitrogens is 1. The highest BCUT2D eigenvalue weighted by Gasteiger charge is 2.42. The average molecular weight is 1890 g/mol. The fourth-order valence-electron chi connectivity index (χ4n) is 14.2. The lowest BCUT2D eigenvalue weighted by Gasteiger charge is -2.30. The van der Waals surface area contributed by atoms with Crippen LogP contribution >= 0.6 is 0 Å². The van der Waals surface area contributed by atoms with Crippen LogP contribution in [-0.4, -0.2) is 277 Å². The zero-order chi connectivity index (χ0) is 99.6. The monoisotopic (exact) mass is 1880 g/mol. The Balaban J connectivity index is 1.63. The van der Waals surface area contributed by atoms with Crippen LogP contribution in [0, 0.1) is 11.3 Å². The number of nitrogens with one attached hydrogen (secondary N) is 16. The van der Waals surface area contributed by atoms with Crippen LogP contribution in [-0.2, 0) is 112 Å². The van der Waals surface area contributed by atoms with Gasteiger partial charge in [-0.05, 0) is 94.5 Å². The number of nitrogens with two attached hydrogens (primary N) is 2. The molecule has 48 heteroatoms. The molecule has 2 heterocycles. The summed E-state index contributed by atoms with van der Waals surface area (Å²) in [6.07, 6.45) is -0.524. The fraction of sp³-hybridized carbons (Fsp3) is 0.535. The van der Waals surface area contributed by atoms with Gasteiger partial charge in [0.15, 0.2) is 5.78 Å². The summed E-state index contributed by atoms with van der Waals surface area (Å²) in [5, 5.41) is 94.5. The van der Waals surface area contributed by atoms with Gasteiger partial charge in [0.2, 0.25) is 82.7 Å². The average Bonchev–Trinajstić information content (AvgIpc) is 1.69. The van der Waals surface area contributed by atoms with Gasteiger partial charge in [0, 0.05) is 65.3 Å². The van der Waals surface area contributed by atoms with Crippen molar-refractivity contribution in [2.75, 3.05) is 38.5 Å². The molecule has 0 bridgehead atoms. The molecule has 1 aromatic heterocycles. The molecule has 2 aliphatic rings. The number of hydrogen-bond donors (Lipinski definition) is 24. The van der Waals surface area contributed by atoms with Crippen LogP contribution in [0.25, 0.3) is 10.9 Å². The van der Waals surface area contributed by atoms with Gasteiger partial charge in [0.1, 0.15) is 79.2 Å². The summed E-state index contributed by atoms with van der Waals surface area (Å²) in [5.41, 5.74) is 10.9. The molecule has 26 N–H and O–H groups in total. The number of alkyl carbamates (subject to hydrolysis) is 1. The van der Waals surface area contributed by atoms with E-state index in [2.05, 4.69) is 87.6 Å². The van der Waals surface area contributed by atoms with E-state index in [1.165, 1.54) is 24.3 Å². The molecule has 0 spiro atoms. The lowest BCUT2D eigenvalue weighted by atomic mass is 9.78. The third-order valence-corrected chi connectivity index (χ3v) is 21.7. The van der Waals surface area contributed by atoms with E-state index in [-0.39, 0.29) is 56.3 Å². The maximum atomic E-state index is 15.1. The summed E-state index contributed by atoms with van der Waals surface area (Å²) in [6, 6.07) is -10.5. The maximum absolute atomic E-state index is 15.1. The number of aromatic amines is 1. The van der Waals surface area contributed by atoms with Crippen molar-refractivity contribution >= 4 is 147 Å². The number of ketones is 1. The minimum Gasteiger partial charge on any atom is -0.481 e. The largest absolute Gasteiger partial charge is 0.481 e. The highest BCUT2D eigenvalue weighted by atomic mass is 16.6. The lowest BCUT2D eigenvalue weighted by molar-refractivity contribution is -0.156. The van der Waals surface area contributed by atoms with E-state index in [0.717, 1.165) is 52.9 Å². The van der Waals surface area contributed by atoms with Crippen LogP contribution in [0.2, 0.25) is 0 Å². The number of ether oxygens (including phenoxy) is 2. The Hall–Kier alpha value is -14.6. The first kappa shape index (κ1) is 110. The number of anilines is 1. The second kappa shape index (κ2) is 54.9. The van der Waals surface area contributed by atoms with E-state index < -0.39 is 291 Å². The molecule has 1 saturated heterocycles. The summed E-state index contributed by atoms with van der Waals surface area (Å²) in [6.45, 7) is 5.81. The van der Waals surface area contributed by atoms with Crippen LogP contribution < -0.4 is 91.2 Å². The smallest absolute Gasteiger partial charge is 0.407 e. The van der Waals surface area contributed by atoms with Crippen LogP contribution in [0.5, 0.6) is 0 Å². The predicted octanol–water partition coefficient (Wildman–Crippen LogP) is -3.16. The molecule has 15 atom stereocenters. The molecule has 1 aliphatic heterocycles. The van der Waals surface area contributed by atoms with E-state index in [1.54, 1.807) is 49.5 Å². The number of carboxylic acid groups (broad SMARTS) is 5. The SMILES string of the molecule is C=C1N[C@@H](CC(=O)O)C(=O)N[C@H](C)C(=O)N[C@@H](CC(=O)O)C(=O)NCC(=O)N[C@H](CO)C(=O)N[C@@H](C(C)CC(=O)O)C(=O)N[C@@H](CC(=O)c2ccccc2N)C(=O)O[C@H](C)[C@H](NC(=O)[C@H](CC(=O)O)NC(=O)[C@@H](CC(N)=O)NC(=O)[C@H](Cc2c[nH]c3ccccc23)NC(=O)CCCCCCCCC)C(=O)NCC(=O)N[C@H]1CCCNC(=O)O[C@@H]1/C=C/CC[C@](C)(C(=O)NCC(=O)O)CC1. The number of para-hydroxylation sites is 2. The fourth-order valence-corrected chi connectivity index (χ4v) is 14.2. The van der Waals surface area contributed by atoms with Crippen molar-refractivity contribution in [3.05, 3.63) is 90.3 Å². The van der Waals surface area contributed by atoms with Gasteiger partial charge in [-0.25, -0.2) is 9.59 Å². The first-order valence-corrected chi connectivity index (χ1v) is 43.3. The highest BCUT2D eigenvalue weighted by Crippen LogP contribution is 2.33. The lowest BCUT2D eigenvalue weighted by Crippen LogP contribution is -2.61. The first-order chi connectivity index (χ1) is 63.3. The Morgan fingerprint density at radius 2 is 1.19 bits per heavy atom. The molecule has 1 fully saturated rings. The quantitative estimate of drug-likeness (QED) is 0.00878. The number of hydrogen-bond acceptors (Lipinski definition) is 27. The van der Waals surface area contributed by atoms with Crippen LogP contribution in [0.15, 0.2) is 79.2 Å². The molecule has 2 aromatic carbocycles. The molecule has 0 saturated carbocycles. The standard InChI is InChI=1S/C86H120N18O30/c1-7-8-9-10-11-12-13-27-64(108)97-55(33-48-39-90-54-25-17-15-22-50(48)54)77(124)100-56(35-63(88)107)78(125)101-59(38-70(117)118)79(126)104-73-47(5)133-83(130)60(34-62(106)51-23-14-16-24-52(51)87)102-82(129)72(44(2)32-67(111)112)103-80(127)61(43-105)98-66(110)40-91-75(122)57(36-68(113)114)99-74(121)46(4)95-76(123)58(37-69(115)116)94-45(3)53(96-65(109)41-92-81(73)128)26-20-31-89-85(132)134-49-21-18-19-29-86(6,30-28-49)84(131)93-42-71(119)120/h14-18,21-25,39,44,46-47,49,53,55-61,72-73,90,94,105H,3,7-13,19-20,26-38,40-43,87H2,1-2,4-6H3,(H2,88,107)(H,89,132)(H,91,122)(H,92,128)(H,93,131)(H,95,123)(H,96,109)(H,97,108)(H,98,110)(H,99,121)(H,100,124)(H,101,125)(H,102,129)(H,103,127)(H,104,126)(H,111,112)(H,113,114)(H,115,116)(H,117,118)(H,119,120)/b21-18+/t44?,46-,47-,49-,53+,55+,56-,57+,58+,59+,60+,61-,72+,73+,86+/m1/s1. The molecule has 134 heavy (non-hydrogen) atoms. The van der Waals surface area contributed by atoms with Crippen molar-refractivity contribution in [2.45, 2.75) is 248 Å². The number of cyclic esters (lactones) is 1. The van der Waals surface area contributed by atoms with Gasteiger partial charge in [-0.15, -0.1) is 0 Å². The van der Waals surface area contributed by atoms with Crippen molar-refractivity contribution in [1.82, 2.24) is 84.7 Å².